The predicted molar refractivity (Wildman–Crippen MR) is 114 cm³/mol. The van der Waals surface area contributed by atoms with E-state index in [1.165, 1.54) is 0 Å². The van der Waals surface area contributed by atoms with Crippen LogP contribution in [0.5, 0.6) is 0 Å². The van der Waals surface area contributed by atoms with Gasteiger partial charge in [-0.25, -0.2) is 4.98 Å². The SMILES string of the molecule is CN(CC#CCN1c2ccccc2C(=O)Nc2cccnc21)[C@H]1CC[C@H](O)CC1. The van der Waals surface area contributed by atoms with E-state index >= 15 is 0 Å². The first-order chi connectivity index (χ1) is 14.1. The van der Waals surface area contributed by atoms with Crippen molar-refractivity contribution in [2.75, 3.05) is 30.4 Å². The van der Waals surface area contributed by atoms with Crippen LogP contribution in [0.1, 0.15) is 36.0 Å². The molecular weight excluding hydrogens is 364 g/mol. The number of aromatic nitrogens is 1. The molecule has 29 heavy (non-hydrogen) atoms. The van der Waals surface area contributed by atoms with E-state index in [4.69, 9.17) is 0 Å². The largest absolute Gasteiger partial charge is 0.393 e. The molecule has 1 aromatic heterocycles. The minimum atomic E-state index is -0.141. The minimum Gasteiger partial charge on any atom is -0.393 e. The summed E-state index contributed by atoms with van der Waals surface area (Å²) in [5.41, 5.74) is 2.12. The van der Waals surface area contributed by atoms with Crippen molar-refractivity contribution >= 4 is 23.1 Å². The Morgan fingerprint density at radius 1 is 1.17 bits per heavy atom. The van der Waals surface area contributed by atoms with Crippen molar-refractivity contribution in [3.63, 3.8) is 0 Å². The molecule has 1 aliphatic heterocycles. The summed E-state index contributed by atoms with van der Waals surface area (Å²) in [4.78, 5) is 21.4. The second kappa shape index (κ2) is 8.64. The maximum Gasteiger partial charge on any atom is 0.257 e. The third kappa shape index (κ3) is 4.26. The number of carbonyl (C=O) groups excluding carboxylic acids is 1. The zero-order valence-corrected chi connectivity index (χ0v) is 16.6. The van der Waals surface area contributed by atoms with Crippen LogP contribution in [-0.4, -0.2) is 53.2 Å². The van der Waals surface area contributed by atoms with E-state index in [1.54, 1.807) is 6.20 Å². The number of nitrogens with zero attached hydrogens (tertiary/aromatic N) is 3. The van der Waals surface area contributed by atoms with Gasteiger partial charge in [-0.05, 0) is 57.0 Å². The lowest BCUT2D eigenvalue weighted by Gasteiger charge is -2.31. The number of nitrogens with one attached hydrogen (secondary N) is 1. The van der Waals surface area contributed by atoms with Gasteiger partial charge >= 0.3 is 0 Å². The van der Waals surface area contributed by atoms with E-state index in [0.717, 1.165) is 31.4 Å². The molecule has 0 spiro atoms. The number of benzene rings is 1. The number of rotatable bonds is 3. The molecule has 4 rings (SSSR count). The molecule has 2 N–H and O–H groups in total. The lowest BCUT2D eigenvalue weighted by Crippen LogP contribution is -2.36. The average molecular weight is 390 g/mol. The second-order valence-electron chi connectivity index (χ2n) is 7.66. The lowest BCUT2D eigenvalue weighted by atomic mass is 9.92. The van der Waals surface area contributed by atoms with Crippen LogP contribution in [-0.2, 0) is 0 Å². The maximum atomic E-state index is 12.6. The Morgan fingerprint density at radius 3 is 2.79 bits per heavy atom. The average Bonchev–Trinajstić information content (AvgIpc) is 2.86. The van der Waals surface area contributed by atoms with E-state index in [1.807, 2.05) is 41.3 Å². The molecule has 2 aromatic rings. The minimum absolute atomic E-state index is 0.135. The van der Waals surface area contributed by atoms with Crippen molar-refractivity contribution < 1.29 is 9.90 Å². The monoisotopic (exact) mass is 390 g/mol. The quantitative estimate of drug-likeness (QED) is 0.789. The molecule has 6 nitrogen and oxygen atoms in total. The fourth-order valence-electron chi connectivity index (χ4n) is 4.02. The smallest absolute Gasteiger partial charge is 0.257 e. The van der Waals surface area contributed by atoms with Crippen LogP contribution in [0.2, 0.25) is 0 Å². The van der Waals surface area contributed by atoms with E-state index in [9.17, 15) is 9.90 Å². The van der Waals surface area contributed by atoms with Gasteiger partial charge in [-0.2, -0.15) is 0 Å². The number of para-hydroxylation sites is 1. The number of anilines is 3. The first-order valence-corrected chi connectivity index (χ1v) is 10.1. The van der Waals surface area contributed by atoms with Crippen LogP contribution < -0.4 is 10.2 Å². The molecule has 2 aliphatic rings. The molecule has 0 unspecified atom stereocenters. The van der Waals surface area contributed by atoms with Gasteiger partial charge in [-0.15, -0.1) is 0 Å². The molecular formula is C23H26N4O2. The molecule has 2 heterocycles. The molecule has 150 valence electrons. The van der Waals surface area contributed by atoms with Gasteiger partial charge in [0.1, 0.15) is 0 Å². The Labute approximate surface area is 171 Å². The van der Waals surface area contributed by atoms with Gasteiger partial charge in [0, 0.05) is 12.2 Å². The normalized spacial score (nSPS) is 20.8. The van der Waals surface area contributed by atoms with Crippen molar-refractivity contribution in [1.29, 1.82) is 0 Å². The Balaban J connectivity index is 1.51. The number of amides is 1. The number of pyridine rings is 1. The maximum absolute atomic E-state index is 12.6. The first-order valence-electron chi connectivity index (χ1n) is 10.1. The van der Waals surface area contributed by atoms with Gasteiger partial charge in [-0.3, -0.25) is 9.69 Å². The number of carbonyl (C=O) groups is 1. The van der Waals surface area contributed by atoms with Crippen molar-refractivity contribution in [3.8, 4) is 11.8 Å². The topological polar surface area (TPSA) is 68.7 Å². The third-order valence-electron chi connectivity index (χ3n) is 5.71. The fourth-order valence-corrected chi connectivity index (χ4v) is 4.02. The summed E-state index contributed by atoms with van der Waals surface area (Å²) in [5.74, 6) is 7.11. The van der Waals surface area contributed by atoms with Crippen LogP contribution in [0.4, 0.5) is 17.2 Å². The van der Waals surface area contributed by atoms with E-state index in [2.05, 4.69) is 34.1 Å². The predicted octanol–water partition coefficient (Wildman–Crippen LogP) is 3.02. The highest BCUT2D eigenvalue weighted by atomic mass is 16.3. The number of hydrogen-bond donors (Lipinski definition) is 2. The van der Waals surface area contributed by atoms with E-state index < -0.39 is 0 Å². The van der Waals surface area contributed by atoms with Crippen molar-refractivity contribution in [1.82, 2.24) is 9.88 Å². The highest BCUT2D eigenvalue weighted by molar-refractivity contribution is 6.12. The fraction of sp³-hybridized carbons (Fsp3) is 0.391. The molecule has 1 aromatic carbocycles. The summed E-state index contributed by atoms with van der Waals surface area (Å²) in [6.07, 6.45) is 5.36. The standard InChI is InChI=1S/C23H26N4O2/c1-26(17-10-12-18(28)13-11-17)15-4-5-16-27-21-9-3-2-7-19(21)23(29)25-20-8-6-14-24-22(20)27/h2-3,6-9,14,17-18,28H,10-13,15-16H2,1H3,(H,25,29)/t17-,18-. The highest BCUT2D eigenvalue weighted by Gasteiger charge is 2.25. The summed E-state index contributed by atoms with van der Waals surface area (Å²) >= 11 is 0. The second-order valence-corrected chi connectivity index (χ2v) is 7.66. The Hall–Kier alpha value is -2.88. The van der Waals surface area contributed by atoms with Gasteiger partial charge in [0.25, 0.3) is 5.91 Å². The zero-order valence-electron chi connectivity index (χ0n) is 16.6. The van der Waals surface area contributed by atoms with Gasteiger partial charge in [-0.1, -0.05) is 24.0 Å². The van der Waals surface area contributed by atoms with Gasteiger partial charge in [0.05, 0.1) is 36.1 Å². The summed E-state index contributed by atoms with van der Waals surface area (Å²) in [6.45, 7) is 1.13. The highest BCUT2D eigenvalue weighted by Crippen LogP contribution is 2.35. The Morgan fingerprint density at radius 2 is 1.97 bits per heavy atom. The van der Waals surface area contributed by atoms with Gasteiger partial charge in [0.15, 0.2) is 5.82 Å². The Kier molecular flexibility index (Phi) is 5.79. The van der Waals surface area contributed by atoms with Crippen molar-refractivity contribution in [2.45, 2.75) is 37.8 Å². The summed E-state index contributed by atoms with van der Waals surface area (Å²) < 4.78 is 0. The number of hydrogen-bond acceptors (Lipinski definition) is 5. The molecule has 0 bridgehead atoms. The summed E-state index contributed by atoms with van der Waals surface area (Å²) in [5, 5.41) is 12.6. The first kappa shape index (κ1) is 19.4. The molecule has 1 fully saturated rings. The molecule has 0 atom stereocenters. The number of fused-ring (bicyclic) bond motifs is 2. The molecule has 0 saturated heterocycles. The van der Waals surface area contributed by atoms with E-state index in [0.29, 0.717) is 36.2 Å². The number of aliphatic hydroxyl groups is 1. The van der Waals surface area contributed by atoms with Crippen LogP contribution in [0.15, 0.2) is 42.6 Å². The molecule has 1 amide bonds. The number of aliphatic hydroxyl groups excluding tert-OH is 1. The van der Waals surface area contributed by atoms with Gasteiger partial charge < -0.3 is 15.3 Å². The third-order valence-corrected chi connectivity index (χ3v) is 5.71. The summed E-state index contributed by atoms with van der Waals surface area (Å²) in [6, 6.07) is 11.7. The van der Waals surface area contributed by atoms with Crippen molar-refractivity contribution in [3.05, 3.63) is 48.2 Å². The van der Waals surface area contributed by atoms with Crippen LogP contribution in [0.25, 0.3) is 0 Å². The van der Waals surface area contributed by atoms with Crippen LogP contribution in [0, 0.1) is 11.8 Å². The van der Waals surface area contributed by atoms with Crippen LogP contribution in [0.3, 0.4) is 0 Å². The Bertz CT molecular complexity index is 941. The van der Waals surface area contributed by atoms with Crippen LogP contribution >= 0.6 is 0 Å². The van der Waals surface area contributed by atoms with Crippen molar-refractivity contribution in [2.24, 2.45) is 0 Å². The molecule has 1 saturated carbocycles. The van der Waals surface area contributed by atoms with Gasteiger partial charge in [0.2, 0.25) is 0 Å². The summed E-state index contributed by atoms with van der Waals surface area (Å²) in [7, 11) is 2.09. The molecule has 0 radical (unpaired) electrons. The molecule has 1 aliphatic carbocycles. The lowest BCUT2D eigenvalue weighted by molar-refractivity contribution is 0.0888. The van der Waals surface area contributed by atoms with E-state index in [-0.39, 0.29) is 12.0 Å². The molecule has 6 heteroatoms. The zero-order chi connectivity index (χ0) is 20.2.